The zero-order valence-corrected chi connectivity index (χ0v) is 21.3. The van der Waals surface area contributed by atoms with Crippen molar-refractivity contribution in [1.29, 1.82) is 0 Å². The zero-order valence-electron chi connectivity index (χ0n) is 19.0. The number of likely N-dealkylation sites (tertiary alicyclic amines) is 1. The minimum Gasteiger partial charge on any atom is -0.494 e. The van der Waals surface area contributed by atoms with Gasteiger partial charge in [-0.25, -0.2) is 15.0 Å². The van der Waals surface area contributed by atoms with Crippen LogP contribution in [-0.2, 0) is 0 Å². The number of unbranched alkanes of at least 4 members (excludes halogenated alkanes) is 1. The van der Waals surface area contributed by atoms with Gasteiger partial charge in [0.05, 0.1) is 33.9 Å². The molecule has 0 spiro atoms. The second-order valence-electron chi connectivity index (χ2n) is 8.08. The molecule has 1 atom stereocenters. The van der Waals surface area contributed by atoms with Gasteiger partial charge in [-0.05, 0) is 50.3 Å². The molecule has 0 unspecified atom stereocenters. The average molecular weight is 520 g/mol. The summed E-state index contributed by atoms with van der Waals surface area (Å²) in [5.41, 5.74) is 1.43. The monoisotopic (exact) mass is 519 g/mol. The molecule has 3 aromatic rings. The van der Waals surface area contributed by atoms with Crippen molar-refractivity contribution in [2.24, 2.45) is 0 Å². The third kappa shape index (κ3) is 6.17. The van der Waals surface area contributed by atoms with Crippen LogP contribution in [-0.4, -0.2) is 57.4 Å². The van der Waals surface area contributed by atoms with E-state index in [0.29, 0.717) is 42.2 Å². The van der Waals surface area contributed by atoms with Crippen LogP contribution in [0.15, 0.2) is 36.7 Å². The first kappa shape index (κ1) is 24.7. The topological polar surface area (TPSA) is 80.2 Å². The number of carbonyl (C=O) groups is 1. The molecule has 1 amide bonds. The van der Waals surface area contributed by atoms with E-state index in [9.17, 15) is 4.79 Å². The molecule has 0 radical (unpaired) electrons. The van der Waals surface area contributed by atoms with Gasteiger partial charge in [0.25, 0.3) is 5.91 Å². The van der Waals surface area contributed by atoms with Gasteiger partial charge in [0.1, 0.15) is 11.4 Å². The number of halogens is 2. The molecule has 3 heterocycles. The first-order valence-electron chi connectivity index (χ1n) is 11.3. The Labute approximate surface area is 213 Å². The van der Waals surface area contributed by atoms with Crippen molar-refractivity contribution in [3.05, 3.63) is 52.4 Å². The van der Waals surface area contributed by atoms with Gasteiger partial charge in [0.15, 0.2) is 0 Å². The van der Waals surface area contributed by atoms with Crippen LogP contribution in [0.5, 0.6) is 5.75 Å². The van der Waals surface area contributed by atoms with Crippen molar-refractivity contribution in [1.82, 2.24) is 19.9 Å². The summed E-state index contributed by atoms with van der Waals surface area (Å²) in [5.74, 6) is 1.86. The van der Waals surface area contributed by atoms with Crippen LogP contribution >= 0.6 is 34.5 Å². The SMILES string of the molecule is Cc1nc(C(=O)N2CCC[C@H]2CNc2ncc(Cl)cn2)c(-c2cccc(OCCCCCl)c2)s1. The molecule has 0 bridgehead atoms. The lowest BCUT2D eigenvalue weighted by atomic mass is 10.1. The molecule has 0 saturated carbocycles. The predicted octanol–water partition coefficient (Wildman–Crippen LogP) is 5.68. The highest BCUT2D eigenvalue weighted by Gasteiger charge is 2.32. The molecule has 1 fully saturated rings. The number of benzene rings is 1. The van der Waals surface area contributed by atoms with Crippen LogP contribution in [0.4, 0.5) is 5.95 Å². The molecule has 180 valence electrons. The Morgan fingerprint density at radius 3 is 2.91 bits per heavy atom. The van der Waals surface area contributed by atoms with E-state index >= 15 is 0 Å². The van der Waals surface area contributed by atoms with Crippen molar-refractivity contribution in [2.45, 2.75) is 38.6 Å². The van der Waals surface area contributed by atoms with Gasteiger partial charge in [-0.15, -0.1) is 22.9 Å². The van der Waals surface area contributed by atoms with E-state index in [4.69, 9.17) is 27.9 Å². The quantitative estimate of drug-likeness (QED) is 0.274. The van der Waals surface area contributed by atoms with Gasteiger partial charge in [0.2, 0.25) is 5.95 Å². The number of aromatic nitrogens is 3. The Bertz CT molecular complexity index is 1110. The summed E-state index contributed by atoms with van der Waals surface area (Å²) in [5, 5.41) is 4.56. The number of carbonyl (C=O) groups excluding carboxylic acids is 1. The van der Waals surface area contributed by atoms with E-state index in [1.165, 1.54) is 11.3 Å². The maximum atomic E-state index is 13.6. The van der Waals surface area contributed by atoms with E-state index in [-0.39, 0.29) is 11.9 Å². The fraction of sp³-hybridized carbons (Fsp3) is 0.417. The third-order valence-electron chi connectivity index (χ3n) is 5.58. The normalized spacial score (nSPS) is 15.5. The molecule has 1 saturated heterocycles. The van der Waals surface area contributed by atoms with Gasteiger partial charge in [-0.1, -0.05) is 23.7 Å². The Morgan fingerprint density at radius 2 is 2.12 bits per heavy atom. The second kappa shape index (κ2) is 11.8. The number of aryl methyl sites for hydroxylation is 1. The van der Waals surface area contributed by atoms with Gasteiger partial charge < -0.3 is 15.0 Å². The largest absolute Gasteiger partial charge is 0.494 e. The standard InChI is InChI=1S/C24H27Cl2N5O2S/c1-16-30-21(22(34-16)17-6-4-8-20(12-17)33-11-3-2-9-25)23(32)31-10-5-7-19(31)15-29-24-27-13-18(26)14-28-24/h4,6,8,12-14,19H,2-3,5,7,9-11,15H2,1H3,(H,27,28,29)/t19-/m0/s1. The van der Waals surface area contributed by atoms with Gasteiger partial charge >= 0.3 is 0 Å². The fourth-order valence-electron chi connectivity index (χ4n) is 3.95. The molecule has 2 aromatic heterocycles. The molecular weight excluding hydrogens is 493 g/mol. The Balaban J connectivity index is 1.48. The van der Waals surface area contributed by atoms with E-state index in [2.05, 4.69) is 20.3 Å². The summed E-state index contributed by atoms with van der Waals surface area (Å²) in [6.45, 7) is 3.81. The summed E-state index contributed by atoms with van der Waals surface area (Å²) >= 11 is 13.1. The molecule has 7 nitrogen and oxygen atoms in total. The number of anilines is 1. The number of nitrogens with one attached hydrogen (secondary N) is 1. The molecule has 1 aromatic carbocycles. The molecule has 1 N–H and O–H groups in total. The number of nitrogens with zero attached hydrogens (tertiary/aromatic N) is 4. The Kier molecular flexibility index (Phi) is 8.59. The van der Waals surface area contributed by atoms with E-state index in [1.807, 2.05) is 36.1 Å². The molecule has 10 heteroatoms. The van der Waals surface area contributed by atoms with Gasteiger partial charge in [0, 0.05) is 25.0 Å². The second-order valence-corrected chi connectivity index (χ2v) is 10.1. The first-order valence-corrected chi connectivity index (χ1v) is 13.1. The number of ether oxygens (including phenoxy) is 1. The molecule has 1 aliphatic heterocycles. The highest BCUT2D eigenvalue weighted by molar-refractivity contribution is 7.15. The van der Waals surface area contributed by atoms with Crippen molar-refractivity contribution in [2.75, 3.05) is 30.9 Å². The minimum absolute atomic E-state index is 0.0400. The van der Waals surface area contributed by atoms with Crippen molar-refractivity contribution < 1.29 is 9.53 Å². The summed E-state index contributed by atoms with van der Waals surface area (Å²) in [4.78, 5) is 29.4. The maximum Gasteiger partial charge on any atom is 0.274 e. The van der Waals surface area contributed by atoms with Gasteiger partial charge in [-0.2, -0.15) is 0 Å². The van der Waals surface area contributed by atoms with Crippen LogP contribution in [0.3, 0.4) is 0 Å². The first-order chi connectivity index (χ1) is 16.5. The van der Waals surface area contributed by atoms with E-state index in [0.717, 1.165) is 46.9 Å². The highest BCUT2D eigenvalue weighted by atomic mass is 35.5. The smallest absolute Gasteiger partial charge is 0.274 e. The number of thiazole rings is 1. The summed E-state index contributed by atoms with van der Waals surface area (Å²) < 4.78 is 5.88. The number of alkyl halides is 1. The summed E-state index contributed by atoms with van der Waals surface area (Å²) in [7, 11) is 0. The van der Waals surface area contributed by atoms with Crippen molar-refractivity contribution in [3.8, 4) is 16.2 Å². The highest BCUT2D eigenvalue weighted by Crippen LogP contribution is 2.34. The summed E-state index contributed by atoms with van der Waals surface area (Å²) in [6.07, 6.45) is 6.79. The third-order valence-corrected chi connectivity index (χ3v) is 7.07. The van der Waals surface area contributed by atoms with Crippen LogP contribution in [0.1, 0.15) is 41.2 Å². The molecule has 1 aliphatic rings. The van der Waals surface area contributed by atoms with Gasteiger partial charge in [-0.3, -0.25) is 4.79 Å². The molecule has 0 aliphatic carbocycles. The van der Waals surface area contributed by atoms with E-state index in [1.54, 1.807) is 12.4 Å². The number of hydrogen-bond acceptors (Lipinski definition) is 7. The lowest BCUT2D eigenvalue weighted by molar-refractivity contribution is 0.0739. The molecular formula is C24H27Cl2N5O2S. The Morgan fingerprint density at radius 1 is 1.29 bits per heavy atom. The predicted molar refractivity (Wildman–Crippen MR) is 137 cm³/mol. The lowest BCUT2D eigenvalue weighted by Crippen LogP contribution is -2.40. The Hall–Kier alpha value is -2.42. The van der Waals surface area contributed by atoms with Crippen molar-refractivity contribution >= 4 is 46.4 Å². The maximum absolute atomic E-state index is 13.6. The average Bonchev–Trinajstić information content (AvgIpc) is 3.48. The minimum atomic E-state index is -0.0471. The number of rotatable bonds is 10. The van der Waals surface area contributed by atoms with Crippen molar-refractivity contribution in [3.63, 3.8) is 0 Å². The number of hydrogen-bond donors (Lipinski definition) is 1. The summed E-state index contributed by atoms with van der Waals surface area (Å²) in [6, 6.07) is 7.89. The zero-order chi connectivity index (χ0) is 23.9. The molecule has 4 rings (SSSR count). The molecule has 34 heavy (non-hydrogen) atoms. The number of amides is 1. The lowest BCUT2D eigenvalue weighted by Gasteiger charge is -2.24. The van der Waals surface area contributed by atoms with Crippen LogP contribution in [0.2, 0.25) is 5.02 Å². The van der Waals surface area contributed by atoms with Crippen LogP contribution in [0, 0.1) is 6.92 Å². The van der Waals surface area contributed by atoms with Crippen LogP contribution < -0.4 is 10.1 Å². The fourth-order valence-corrected chi connectivity index (χ4v) is 5.14. The van der Waals surface area contributed by atoms with Crippen LogP contribution in [0.25, 0.3) is 10.4 Å². The van der Waals surface area contributed by atoms with E-state index < -0.39 is 0 Å².